The average molecular weight is 305 g/mol. The number of nitrogens with one attached hydrogen (secondary N) is 1. The number of para-hydroxylation sites is 1. The molecule has 0 aliphatic rings. The van der Waals surface area contributed by atoms with Crippen LogP contribution in [0.1, 0.15) is 15.9 Å². The molecule has 0 heterocycles. The number of carbonyl (C=O) groups is 1. The van der Waals surface area contributed by atoms with E-state index in [1.165, 1.54) is 18.2 Å². The number of anilines is 2. The van der Waals surface area contributed by atoms with Gasteiger partial charge in [-0.15, -0.1) is 0 Å². The second kappa shape index (κ2) is 5.55. The van der Waals surface area contributed by atoms with Crippen LogP contribution in [0.5, 0.6) is 0 Å². The second-order valence-electron chi connectivity index (χ2n) is 4.59. The Morgan fingerprint density at radius 2 is 1.81 bits per heavy atom. The van der Waals surface area contributed by atoms with E-state index in [1.54, 1.807) is 24.3 Å². The molecule has 0 spiro atoms. The lowest BCUT2D eigenvalue weighted by molar-refractivity contribution is 0.102. The summed E-state index contributed by atoms with van der Waals surface area (Å²) in [6.45, 7) is 1.83. The summed E-state index contributed by atoms with van der Waals surface area (Å²) in [5, 5.41) is 7.65. The topological polar surface area (TPSA) is 115 Å². The Balaban J connectivity index is 2.39. The number of amides is 1. The molecule has 0 saturated heterocycles. The van der Waals surface area contributed by atoms with Gasteiger partial charge in [-0.1, -0.05) is 23.8 Å². The van der Waals surface area contributed by atoms with E-state index in [1.807, 2.05) is 6.92 Å². The molecule has 0 saturated carbocycles. The Kier molecular flexibility index (Phi) is 3.97. The molecule has 110 valence electrons. The van der Waals surface area contributed by atoms with Gasteiger partial charge in [-0.3, -0.25) is 4.79 Å². The Morgan fingerprint density at radius 1 is 1.14 bits per heavy atom. The molecule has 0 bridgehead atoms. The van der Waals surface area contributed by atoms with Crippen molar-refractivity contribution < 1.29 is 13.2 Å². The molecule has 2 rings (SSSR count). The van der Waals surface area contributed by atoms with E-state index in [-0.39, 0.29) is 16.1 Å². The number of sulfonamides is 1. The van der Waals surface area contributed by atoms with Crippen LogP contribution >= 0.6 is 0 Å². The van der Waals surface area contributed by atoms with Crippen LogP contribution in [0.3, 0.4) is 0 Å². The number of rotatable bonds is 3. The number of nitrogens with two attached hydrogens (primary N) is 2. The highest BCUT2D eigenvalue weighted by atomic mass is 32.2. The Hall–Kier alpha value is -2.38. The third kappa shape index (κ3) is 3.39. The highest BCUT2D eigenvalue weighted by molar-refractivity contribution is 7.89. The highest BCUT2D eigenvalue weighted by Crippen LogP contribution is 2.21. The smallest absolute Gasteiger partial charge is 0.257 e. The summed E-state index contributed by atoms with van der Waals surface area (Å²) in [6.07, 6.45) is 0. The van der Waals surface area contributed by atoms with E-state index in [0.29, 0.717) is 5.69 Å². The van der Waals surface area contributed by atoms with Crippen LogP contribution in [0.2, 0.25) is 0 Å². The standard InChI is InChI=1S/C14H15N3O3S/c1-9-6-7-11(15)10(8-9)14(18)17-12-4-2-3-5-13(12)21(16,19)20/h2-8H,15H2,1H3,(H,17,18)(H2,16,19,20). The predicted molar refractivity (Wildman–Crippen MR) is 81.4 cm³/mol. The second-order valence-corrected chi connectivity index (χ2v) is 6.12. The number of benzene rings is 2. The van der Waals surface area contributed by atoms with Gasteiger partial charge in [0.1, 0.15) is 4.90 Å². The predicted octanol–water partition coefficient (Wildman–Crippen LogP) is 1.48. The van der Waals surface area contributed by atoms with Gasteiger partial charge >= 0.3 is 0 Å². The van der Waals surface area contributed by atoms with Gasteiger partial charge in [0.05, 0.1) is 11.3 Å². The van der Waals surface area contributed by atoms with Crippen molar-refractivity contribution in [2.45, 2.75) is 11.8 Å². The summed E-state index contributed by atoms with van der Waals surface area (Å²) in [5.74, 6) is -0.493. The van der Waals surface area contributed by atoms with Crippen molar-refractivity contribution in [1.29, 1.82) is 0 Å². The zero-order valence-electron chi connectivity index (χ0n) is 11.3. The summed E-state index contributed by atoms with van der Waals surface area (Å²) in [6, 6.07) is 10.9. The van der Waals surface area contributed by atoms with E-state index >= 15 is 0 Å². The maximum atomic E-state index is 12.2. The van der Waals surface area contributed by atoms with Gasteiger partial charge in [0, 0.05) is 5.69 Å². The molecule has 7 heteroatoms. The van der Waals surface area contributed by atoms with Gasteiger partial charge in [-0.2, -0.15) is 0 Å². The molecular formula is C14H15N3O3S. The molecule has 2 aromatic carbocycles. The van der Waals surface area contributed by atoms with Crippen molar-refractivity contribution in [2.75, 3.05) is 11.1 Å². The van der Waals surface area contributed by atoms with Gasteiger partial charge in [0.2, 0.25) is 10.0 Å². The monoisotopic (exact) mass is 305 g/mol. The minimum atomic E-state index is -3.93. The molecule has 0 aromatic heterocycles. The molecular weight excluding hydrogens is 290 g/mol. The van der Waals surface area contributed by atoms with E-state index in [9.17, 15) is 13.2 Å². The van der Waals surface area contributed by atoms with Gasteiger partial charge in [0.15, 0.2) is 0 Å². The van der Waals surface area contributed by atoms with Crippen LogP contribution in [-0.2, 0) is 10.0 Å². The van der Waals surface area contributed by atoms with E-state index in [2.05, 4.69) is 5.32 Å². The molecule has 1 amide bonds. The molecule has 5 N–H and O–H groups in total. The first kappa shape index (κ1) is 15.0. The molecule has 0 radical (unpaired) electrons. The Morgan fingerprint density at radius 3 is 2.48 bits per heavy atom. The third-order valence-electron chi connectivity index (χ3n) is 2.90. The normalized spacial score (nSPS) is 11.1. The van der Waals surface area contributed by atoms with Gasteiger partial charge in [0.25, 0.3) is 5.91 Å². The van der Waals surface area contributed by atoms with Crippen LogP contribution in [0.25, 0.3) is 0 Å². The number of aryl methyl sites for hydroxylation is 1. The van der Waals surface area contributed by atoms with E-state index < -0.39 is 15.9 Å². The van der Waals surface area contributed by atoms with Crippen molar-refractivity contribution in [1.82, 2.24) is 0 Å². The number of hydrogen-bond acceptors (Lipinski definition) is 4. The average Bonchev–Trinajstić information content (AvgIpc) is 2.41. The summed E-state index contributed by atoms with van der Waals surface area (Å²) >= 11 is 0. The minimum Gasteiger partial charge on any atom is -0.398 e. The van der Waals surface area contributed by atoms with Crippen molar-refractivity contribution in [2.24, 2.45) is 5.14 Å². The molecule has 0 aliphatic carbocycles. The van der Waals surface area contributed by atoms with Crippen LogP contribution in [0, 0.1) is 6.92 Å². The number of primary sulfonamides is 1. The largest absolute Gasteiger partial charge is 0.398 e. The van der Waals surface area contributed by atoms with Gasteiger partial charge in [-0.25, -0.2) is 13.6 Å². The minimum absolute atomic E-state index is 0.117. The number of hydrogen-bond donors (Lipinski definition) is 3. The third-order valence-corrected chi connectivity index (χ3v) is 3.86. The fourth-order valence-corrected chi connectivity index (χ4v) is 2.57. The van der Waals surface area contributed by atoms with Crippen LogP contribution in [0.4, 0.5) is 11.4 Å². The highest BCUT2D eigenvalue weighted by Gasteiger charge is 2.17. The van der Waals surface area contributed by atoms with Crippen molar-refractivity contribution in [3.05, 3.63) is 53.6 Å². The molecule has 0 unspecified atom stereocenters. The lowest BCUT2D eigenvalue weighted by Gasteiger charge is -2.11. The van der Waals surface area contributed by atoms with Gasteiger partial charge < -0.3 is 11.1 Å². The van der Waals surface area contributed by atoms with Crippen LogP contribution < -0.4 is 16.2 Å². The fourth-order valence-electron chi connectivity index (χ4n) is 1.87. The van der Waals surface area contributed by atoms with E-state index in [4.69, 9.17) is 10.9 Å². The molecule has 6 nitrogen and oxygen atoms in total. The van der Waals surface area contributed by atoms with Crippen LogP contribution in [0.15, 0.2) is 47.4 Å². The zero-order chi connectivity index (χ0) is 15.6. The van der Waals surface area contributed by atoms with Crippen molar-refractivity contribution >= 4 is 27.3 Å². The Bertz CT molecular complexity index is 801. The van der Waals surface area contributed by atoms with E-state index in [0.717, 1.165) is 5.56 Å². The SMILES string of the molecule is Cc1ccc(N)c(C(=O)Nc2ccccc2S(N)(=O)=O)c1. The summed E-state index contributed by atoms with van der Waals surface area (Å²) in [7, 11) is -3.93. The number of nitrogen functional groups attached to an aromatic ring is 1. The molecule has 0 atom stereocenters. The maximum absolute atomic E-state index is 12.2. The first-order chi connectivity index (χ1) is 9.79. The number of carbonyl (C=O) groups excluding carboxylic acids is 1. The Labute approximate surface area is 122 Å². The zero-order valence-corrected chi connectivity index (χ0v) is 12.1. The van der Waals surface area contributed by atoms with Crippen molar-refractivity contribution in [3.63, 3.8) is 0 Å². The van der Waals surface area contributed by atoms with Gasteiger partial charge in [-0.05, 0) is 31.2 Å². The lowest BCUT2D eigenvalue weighted by Crippen LogP contribution is -2.19. The summed E-state index contributed by atoms with van der Waals surface area (Å²) in [5.41, 5.74) is 7.34. The fraction of sp³-hybridized carbons (Fsp3) is 0.0714. The molecule has 2 aromatic rings. The maximum Gasteiger partial charge on any atom is 0.257 e. The summed E-state index contributed by atoms with van der Waals surface area (Å²) < 4.78 is 23.0. The molecule has 0 fully saturated rings. The van der Waals surface area contributed by atoms with Crippen LogP contribution in [-0.4, -0.2) is 14.3 Å². The molecule has 0 aliphatic heterocycles. The van der Waals surface area contributed by atoms with Crippen molar-refractivity contribution in [3.8, 4) is 0 Å². The lowest BCUT2D eigenvalue weighted by atomic mass is 10.1. The quantitative estimate of drug-likeness (QED) is 0.745. The first-order valence-electron chi connectivity index (χ1n) is 6.08. The summed E-state index contributed by atoms with van der Waals surface area (Å²) in [4.78, 5) is 12.1. The molecule has 21 heavy (non-hydrogen) atoms. The first-order valence-corrected chi connectivity index (χ1v) is 7.63.